The smallest absolute Gasteiger partial charge is 0.254 e. The molecule has 1 saturated heterocycles. The van der Waals surface area contributed by atoms with E-state index in [-0.39, 0.29) is 24.0 Å². The number of carbonyl (C=O) groups excluding carboxylic acids is 3. The Balaban J connectivity index is 1.57. The lowest BCUT2D eigenvalue weighted by atomic mass is 9.76. The van der Waals surface area contributed by atoms with Crippen LogP contribution in [0.1, 0.15) is 51.2 Å². The van der Waals surface area contributed by atoms with Crippen LogP contribution in [-0.2, 0) is 14.4 Å². The second-order valence-corrected chi connectivity index (χ2v) is 12.8. The van der Waals surface area contributed by atoms with E-state index in [1.54, 1.807) is 22.0 Å². The Morgan fingerprint density at radius 1 is 0.950 bits per heavy atom. The zero-order valence-electron chi connectivity index (χ0n) is 23.6. The molecule has 0 aromatic heterocycles. The molecule has 1 fully saturated rings. The van der Waals surface area contributed by atoms with Crippen LogP contribution in [-0.4, -0.2) is 35.1 Å². The number of aryl methyl sites for hydroxylation is 1. The van der Waals surface area contributed by atoms with E-state index in [9.17, 15) is 14.4 Å². The Bertz CT molecular complexity index is 1360. The van der Waals surface area contributed by atoms with E-state index >= 15 is 0 Å². The van der Waals surface area contributed by atoms with Gasteiger partial charge < -0.3 is 4.90 Å². The van der Waals surface area contributed by atoms with Crippen molar-refractivity contribution < 1.29 is 14.4 Å². The first-order chi connectivity index (χ1) is 19.0. The number of nitrogens with zero attached hydrogens (tertiary/aromatic N) is 2. The second-order valence-electron chi connectivity index (χ2n) is 11.5. The molecule has 4 rings (SSSR count). The molecule has 0 radical (unpaired) electrons. The molecule has 2 atom stereocenters. The number of likely N-dealkylation sites (tertiary alicyclic amines) is 1. The summed E-state index contributed by atoms with van der Waals surface area (Å²) in [6.07, 6.45) is 4.80. The normalized spacial score (nSPS) is 16.2. The minimum absolute atomic E-state index is 0.0966. The van der Waals surface area contributed by atoms with Crippen LogP contribution in [0.4, 0.5) is 11.4 Å². The van der Waals surface area contributed by atoms with Gasteiger partial charge in [-0.3, -0.25) is 19.3 Å². The number of hydrogen-bond donors (Lipinski definition) is 0. The van der Waals surface area contributed by atoms with E-state index in [0.717, 1.165) is 32.5 Å². The maximum atomic E-state index is 14.2. The molecule has 0 N–H and O–H groups in total. The van der Waals surface area contributed by atoms with Crippen LogP contribution in [0.5, 0.6) is 0 Å². The van der Waals surface area contributed by atoms with Crippen LogP contribution < -0.4 is 4.90 Å². The van der Waals surface area contributed by atoms with Crippen molar-refractivity contribution in [3.05, 3.63) is 99.6 Å². The van der Waals surface area contributed by atoms with Gasteiger partial charge in [0.1, 0.15) is 6.04 Å². The number of amides is 2. The van der Waals surface area contributed by atoms with Crippen molar-refractivity contribution >= 4 is 57.6 Å². The van der Waals surface area contributed by atoms with Crippen molar-refractivity contribution in [2.45, 2.75) is 53.0 Å². The topological polar surface area (TPSA) is 57.7 Å². The third-order valence-electron chi connectivity index (χ3n) is 7.43. The summed E-state index contributed by atoms with van der Waals surface area (Å²) in [7, 11) is 0. The average molecular weight is 649 g/mol. The molecule has 0 saturated carbocycles. The van der Waals surface area contributed by atoms with Gasteiger partial charge >= 0.3 is 0 Å². The molecule has 0 aliphatic carbocycles. The Morgan fingerprint density at radius 3 is 2.20 bits per heavy atom. The third-order valence-corrected chi connectivity index (χ3v) is 8.15. The molecule has 1 heterocycles. The Hall–Kier alpha value is -3.26. The Labute approximate surface area is 251 Å². The van der Waals surface area contributed by atoms with Gasteiger partial charge in [0.25, 0.3) is 5.91 Å². The van der Waals surface area contributed by atoms with Crippen LogP contribution in [0.25, 0.3) is 6.08 Å². The molecule has 1 aliphatic heterocycles. The summed E-state index contributed by atoms with van der Waals surface area (Å²) in [5.41, 5.74) is 3.18. The number of ketones is 1. The summed E-state index contributed by atoms with van der Waals surface area (Å²) in [6.45, 7) is 8.49. The predicted octanol–water partition coefficient (Wildman–Crippen LogP) is 7.59. The number of hydrogen-bond acceptors (Lipinski definition) is 3. The number of halogens is 1. The van der Waals surface area contributed by atoms with Gasteiger partial charge in [-0.1, -0.05) is 74.9 Å². The summed E-state index contributed by atoms with van der Waals surface area (Å²) in [6, 6.07) is 24.7. The number of allylic oxidation sites excluding steroid dienone is 1. The molecule has 2 amide bonds. The zero-order valence-corrected chi connectivity index (χ0v) is 25.8. The fourth-order valence-electron chi connectivity index (χ4n) is 5.11. The minimum atomic E-state index is -0.588. The second kappa shape index (κ2) is 12.9. The molecular weight excluding hydrogens is 611 g/mol. The number of para-hydroxylation sites is 1. The van der Waals surface area contributed by atoms with Gasteiger partial charge in [-0.2, -0.15) is 0 Å². The quantitative estimate of drug-likeness (QED) is 0.187. The lowest BCUT2D eigenvalue weighted by Crippen LogP contribution is -2.50. The first-order valence-electron chi connectivity index (χ1n) is 13.8. The molecule has 0 bridgehead atoms. The van der Waals surface area contributed by atoms with E-state index in [0.29, 0.717) is 13.0 Å². The molecule has 1 aliphatic rings. The van der Waals surface area contributed by atoms with Crippen molar-refractivity contribution in [1.82, 2.24) is 4.90 Å². The lowest BCUT2D eigenvalue weighted by molar-refractivity contribution is -0.145. The summed E-state index contributed by atoms with van der Waals surface area (Å²) in [5.74, 6) is -0.896. The Kier molecular flexibility index (Phi) is 9.61. The molecule has 0 spiro atoms. The van der Waals surface area contributed by atoms with E-state index in [4.69, 9.17) is 0 Å². The molecular formula is C34H37IN2O3. The average Bonchev–Trinajstić information content (AvgIpc) is 3.42. The van der Waals surface area contributed by atoms with Crippen LogP contribution in [0.15, 0.2) is 84.9 Å². The first-order valence-corrected chi connectivity index (χ1v) is 14.8. The largest absolute Gasteiger partial charge is 0.330 e. The van der Waals surface area contributed by atoms with Crippen LogP contribution in [0, 0.1) is 21.8 Å². The molecule has 40 heavy (non-hydrogen) atoms. The highest BCUT2D eigenvalue weighted by molar-refractivity contribution is 14.1. The molecule has 5 nitrogen and oxygen atoms in total. The van der Waals surface area contributed by atoms with Gasteiger partial charge in [0, 0.05) is 27.9 Å². The number of anilines is 2. The van der Waals surface area contributed by atoms with E-state index in [2.05, 4.69) is 22.6 Å². The highest BCUT2D eigenvalue weighted by atomic mass is 127. The van der Waals surface area contributed by atoms with E-state index in [1.165, 1.54) is 0 Å². The summed E-state index contributed by atoms with van der Waals surface area (Å²) < 4.78 is 1.08. The lowest BCUT2D eigenvalue weighted by Gasteiger charge is -2.36. The summed E-state index contributed by atoms with van der Waals surface area (Å²) >= 11 is 2.25. The molecule has 208 valence electrons. The third kappa shape index (κ3) is 7.27. The minimum Gasteiger partial charge on any atom is -0.330 e. The maximum absolute atomic E-state index is 14.2. The van der Waals surface area contributed by atoms with Crippen molar-refractivity contribution in [2.75, 3.05) is 11.4 Å². The molecule has 6 heteroatoms. The van der Waals surface area contributed by atoms with Gasteiger partial charge in [0.2, 0.25) is 5.91 Å². The fraction of sp³-hybridized carbons (Fsp3) is 0.324. The van der Waals surface area contributed by atoms with Gasteiger partial charge in [-0.15, -0.1) is 0 Å². The zero-order chi connectivity index (χ0) is 28.9. The standard InChI is InChI=1S/C34H37IN2O3/c1-24-12-14-25(15-13-24)16-21-29(38)23-30(34(2,3)4)32(39)36-22-8-11-31(36)33(40)37(27-9-6-5-7-10-27)28-19-17-26(35)18-20-28/h5-7,9-10,12-21,30-31H,8,11,22-23H2,1-4H3/b21-16+/t30-,31?/m1/s1. The molecule has 1 unspecified atom stereocenters. The van der Waals surface area contributed by atoms with Gasteiger partial charge in [0.15, 0.2) is 5.78 Å². The number of rotatable bonds is 8. The number of benzene rings is 3. The SMILES string of the molecule is Cc1ccc(/C=C/C(=O)C[C@H](C(=O)N2CCCC2C(=O)N(c2ccccc2)c2ccc(I)cc2)C(C)(C)C)cc1. The van der Waals surface area contributed by atoms with Crippen molar-refractivity contribution in [1.29, 1.82) is 0 Å². The van der Waals surface area contributed by atoms with Crippen molar-refractivity contribution in [3.63, 3.8) is 0 Å². The van der Waals surface area contributed by atoms with Gasteiger partial charge in [-0.25, -0.2) is 0 Å². The van der Waals surface area contributed by atoms with Crippen LogP contribution >= 0.6 is 22.6 Å². The fourth-order valence-corrected chi connectivity index (χ4v) is 5.47. The van der Waals surface area contributed by atoms with Crippen molar-refractivity contribution in [2.24, 2.45) is 11.3 Å². The highest BCUT2D eigenvalue weighted by Crippen LogP contribution is 2.35. The molecule has 3 aromatic rings. The maximum Gasteiger partial charge on any atom is 0.254 e. The van der Waals surface area contributed by atoms with Crippen LogP contribution in [0.3, 0.4) is 0 Å². The molecule has 3 aromatic carbocycles. The van der Waals surface area contributed by atoms with Gasteiger partial charge in [0.05, 0.1) is 5.92 Å². The first kappa shape index (κ1) is 29.7. The number of carbonyl (C=O) groups is 3. The Morgan fingerprint density at radius 2 is 1.57 bits per heavy atom. The van der Waals surface area contributed by atoms with Gasteiger partial charge in [-0.05, 0) is 95.8 Å². The van der Waals surface area contributed by atoms with E-state index in [1.807, 2.05) is 107 Å². The summed E-state index contributed by atoms with van der Waals surface area (Å²) in [5, 5.41) is 0. The highest BCUT2D eigenvalue weighted by Gasteiger charge is 2.43. The predicted molar refractivity (Wildman–Crippen MR) is 170 cm³/mol. The van der Waals surface area contributed by atoms with Crippen LogP contribution in [0.2, 0.25) is 0 Å². The van der Waals surface area contributed by atoms with E-state index < -0.39 is 17.4 Å². The summed E-state index contributed by atoms with van der Waals surface area (Å²) in [4.78, 5) is 44.7. The monoisotopic (exact) mass is 648 g/mol. The van der Waals surface area contributed by atoms with Crippen molar-refractivity contribution in [3.8, 4) is 0 Å².